The molecule has 36 heavy (non-hydrogen) atoms. The lowest BCUT2D eigenvalue weighted by molar-refractivity contribution is -0.137. The van der Waals surface area contributed by atoms with Gasteiger partial charge in [0.1, 0.15) is 23.9 Å². The minimum atomic E-state index is 0.108. The number of likely N-dealkylation sites (tertiary alicyclic amines) is 1. The molecule has 7 heteroatoms. The predicted molar refractivity (Wildman–Crippen MR) is 142 cm³/mol. The van der Waals surface area contributed by atoms with E-state index in [1.165, 1.54) is 11.1 Å². The van der Waals surface area contributed by atoms with E-state index in [2.05, 4.69) is 41.8 Å². The Morgan fingerprint density at radius 2 is 1.86 bits per heavy atom. The summed E-state index contributed by atoms with van der Waals surface area (Å²) in [5.41, 5.74) is 3.59. The molecule has 2 aromatic carbocycles. The van der Waals surface area contributed by atoms with E-state index in [-0.39, 0.29) is 5.92 Å². The first-order chi connectivity index (χ1) is 17.5. The monoisotopic (exact) mass is 495 g/mol. The highest BCUT2D eigenvalue weighted by atomic mass is 16.5. The summed E-state index contributed by atoms with van der Waals surface area (Å²) in [7, 11) is 3.40. The van der Waals surface area contributed by atoms with Crippen LogP contribution in [0.3, 0.4) is 0 Å². The van der Waals surface area contributed by atoms with E-state index in [0.29, 0.717) is 12.5 Å². The molecule has 1 fully saturated rings. The van der Waals surface area contributed by atoms with E-state index in [9.17, 15) is 4.79 Å². The summed E-state index contributed by atoms with van der Waals surface area (Å²) < 4.78 is 17.1. The topological polar surface area (TPSA) is 54.5 Å². The molecule has 0 aliphatic carbocycles. The molecule has 0 spiro atoms. The number of carbonyl (C=O) groups is 1. The summed E-state index contributed by atoms with van der Waals surface area (Å²) in [6.45, 7) is 11.5. The molecule has 7 nitrogen and oxygen atoms in total. The molecule has 1 saturated heterocycles. The Morgan fingerprint density at radius 3 is 2.61 bits per heavy atom. The highest BCUT2D eigenvalue weighted by molar-refractivity contribution is 5.79. The molecule has 1 amide bonds. The van der Waals surface area contributed by atoms with Gasteiger partial charge in [0.2, 0.25) is 5.91 Å². The summed E-state index contributed by atoms with van der Waals surface area (Å²) >= 11 is 0. The molecular formula is C29H41N3O4. The fourth-order valence-electron chi connectivity index (χ4n) is 5.43. The molecule has 2 aliphatic rings. The SMILES string of the molecule is CCN(CC)C(=O)[C@H]1CCCN(Cc2ccc3c(c2)CN(Cc2cc(OC)ccc2OC)CCO3)C1. The second-order valence-electron chi connectivity index (χ2n) is 9.76. The van der Waals surface area contributed by atoms with Gasteiger partial charge in [-0.25, -0.2) is 0 Å². The van der Waals surface area contributed by atoms with Gasteiger partial charge in [0, 0.05) is 56.9 Å². The van der Waals surface area contributed by atoms with Gasteiger partial charge in [0.05, 0.1) is 20.1 Å². The number of methoxy groups -OCH3 is 2. The Bertz CT molecular complexity index is 1020. The van der Waals surface area contributed by atoms with Gasteiger partial charge in [0.15, 0.2) is 0 Å². The van der Waals surface area contributed by atoms with Crippen LogP contribution >= 0.6 is 0 Å². The zero-order valence-electron chi connectivity index (χ0n) is 22.3. The molecule has 196 valence electrons. The Labute approximate surface area is 215 Å². The lowest BCUT2D eigenvalue weighted by Crippen LogP contribution is -2.44. The van der Waals surface area contributed by atoms with Gasteiger partial charge in [-0.05, 0) is 69.1 Å². The average molecular weight is 496 g/mol. The molecule has 1 atom stereocenters. The van der Waals surface area contributed by atoms with Gasteiger partial charge < -0.3 is 19.1 Å². The van der Waals surface area contributed by atoms with Crippen molar-refractivity contribution in [2.45, 2.75) is 46.3 Å². The van der Waals surface area contributed by atoms with Crippen LogP contribution in [0.1, 0.15) is 43.4 Å². The van der Waals surface area contributed by atoms with E-state index in [4.69, 9.17) is 14.2 Å². The fourth-order valence-corrected chi connectivity index (χ4v) is 5.43. The molecule has 2 heterocycles. The van der Waals surface area contributed by atoms with E-state index >= 15 is 0 Å². The van der Waals surface area contributed by atoms with Gasteiger partial charge in [-0.15, -0.1) is 0 Å². The van der Waals surface area contributed by atoms with Crippen molar-refractivity contribution in [2.24, 2.45) is 5.92 Å². The highest BCUT2D eigenvalue weighted by Gasteiger charge is 2.28. The van der Waals surface area contributed by atoms with E-state index < -0.39 is 0 Å². The number of amides is 1. The summed E-state index contributed by atoms with van der Waals surface area (Å²) in [5, 5.41) is 0. The van der Waals surface area contributed by atoms with Crippen molar-refractivity contribution in [3.63, 3.8) is 0 Å². The van der Waals surface area contributed by atoms with Gasteiger partial charge in [-0.3, -0.25) is 14.6 Å². The molecule has 0 N–H and O–H groups in total. The first-order valence-electron chi connectivity index (χ1n) is 13.2. The standard InChI is InChI=1S/C29H41N3O4/c1-5-32(6-2)29(33)23-8-7-13-30(19-23)18-22-9-11-28-24(16-22)20-31(14-15-36-28)21-25-17-26(34-3)10-12-27(25)35-4/h9-12,16-17,23H,5-8,13-15,18-21H2,1-4H3/t23-/m0/s1. The van der Waals surface area contributed by atoms with Gasteiger partial charge in [0.25, 0.3) is 0 Å². The molecule has 0 bridgehead atoms. The summed E-state index contributed by atoms with van der Waals surface area (Å²) in [4.78, 5) is 19.7. The molecule has 2 aliphatic heterocycles. The first kappa shape index (κ1) is 26.3. The Hall–Kier alpha value is -2.77. The predicted octanol–water partition coefficient (Wildman–Crippen LogP) is 4.18. The maximum Gasteiger partial charge on any atom is 0.226 e. The quantitative estimate of drug-likeness (QED) is 0.520. The van der Waals surface area contributed by atoms with Crippen molar-refractivity contribution in [2.75, 3.05) is 53.6 Å². The Kier molecular flexibility index (Phi) is 9.10. The molecule has 0 unspecified atom stereocenters. The molecular weight excluding hydrogens is 454 g/mol. The van der Waals surface area contributed by atoms with E-state index in [0.717, 1.165) is 88.0 Å². The minimum absolute atomic E-state index is 0.108. The number of carbonyl (C=O) groups excluding carboxylic acids is 1. The van der Waals surface area contributed by atoms with Crippen molar-refractivity contribution < 1.29 is 19.0 Å². The van der Waals surface area contributed by atoms with Crippen molar-refractivity contribution in [1.82, 2.24) is 14.7 Å². The normalized spacial score (nSPS) is 18.6. The first-order valence-corrected chi connectivity index (χ1v) is 13.2. The third kappa shape index (κ3) is 6.31. The van der Waals surface area contributed by atoms with Crippen LogP contribution in [-0.2, 0) is 24.4 Å². The molecule has 0 aromatic heterocycles. The number of hydrogen-bond donors (Lipinski definition) is 0. The summed E-state index contributed by atoms with van der Waals surface area (Å²) in [6, 6.07) is 12.5. The summed E-state index contributed by atoms with van der Waals surface area (Å²) in [5.74, 6) is 3.08. The molecule has 0 saturated carbocycles. The molecule has 0 radical (unpaired) electrons. The smallest absolute Gasteiger partial charge is 0.226 e. The second kappa shape index (κ2) is 12.5. The lowest BCUT2D eigenvalue weighted by Gasteiger charge is -2.34. The van der Waals surface area contributed by atoms with E-state index in [1.54, 1.807) is 14.2 Å². The third-order valence-electron chi connectivity index (χ3n) is 7.40. The second-order valence-corrected chi connectivity index (χ2v) is 9.76. The maximum absolute atomic E-state index is 12.9. The number of ether oxygens (including phenoxy) is 3. The van der Waals surface area contributed by atoms with E-state index in [1.807, 2.05) is 23.1 Å². The van der Waals surface area contributed by atoms with Crippen LogP contribution in [0, 0.1) is 5.92 Å². The lowest BCUT2D eigenvalue weighted by atomic mass is 9.95. The van der Waals surface area contributed by atoms with Crippen LogP contribution in [-0.4, -0.2) is 74.2 Å². The number of fused-ring (bicyclic) bond motifs is 1. The van der Waals surface area contributed by atoms with Crippen LogP contribution in [0.4, 0.5) is 0 Å². The summed E-state index contributed by atoms with van der Waals surface area (Å²) in [6.07, 6.45) is 2.06. The average Bonchev–Trinajstić information content (AvgIpc) is 3.10. The maximum atomic E-state index is 12.9. The number of rotatable bonds is 9. The van der Waals surface area contributed by atoms with Gasteiger partial charge >= 0.3 is 0 Å². The van der Waals surface area contributed by atoms with Crippen molar-refractivity contribution in [3.05, 3.63) is 53.1 Å². The van der Waals surface area contributed by atoms with Crippen LogP contribution in [0.2, 0.25) is 0 Å². The van der Waals surface area contributed by atoms with Crippen LogP contribution in [0.15, 0.2) is 36.4 Å². The van der Waals surface area contributed by atoms with Crippen molar-refractivity contribution >= 4 is 5.91 Å². The number of piperidine rings is 1. The number of hydrogen-bond acceptors (Lipinski definition) is 6. The Morgan fingerprint density at radius 1 is 1.03 bits per heavy atom. The van der Waals surface area contributed by atoms with Crippen molar-refractivity contribution in [1.29, 1.82) is 0 Å². The molecule has 4 rings (SSSR count). The van der Waals surface area contributed by atoms with Crippen LogP contribution in [0.25, 0.3) is 0 Å². The largest absolute Gasteiger partial charge is 0.497 e. The number of nitrogens with zero attached hydrogens (tertiary/aromatic N) is 3. The van der Waals surface area contributed by atoms with Crippen LogP contribution < -0.4 is 14.2 Å². The zero-order valence-corrected chi connectivity index (χ0v) is 22.3. The highest BCUT2D eigenvalue weighted by Crippen LogP contribution is 2.30. The Balaban J connectivity index is 1.44. The minimum Gasteiger partial charge on any atom is -0.497 e. The zero-order chi connectivity index (χ0) is 25.5. The molecule has 2 aromatic rings. The number of benzene rings is 2. The fraction of sp³-hybridized carbons (Fsp3) is 0.552. The van der Waals surface area contributed by atoms with Gasteiger partial charge in [-0.1, -0.05) is 6.07 Å². The van der Waals surface area contributed by atoms with Crippen molar-refractivity contribution in [3.8, 4) is 17.2 Å². The van der Waals surface area contributed by atoms with Gasteiger partial charge in [-0.2, -0.15) is 0 Å². The van der Waals surface area contributed by atoms with Crippen LogP contribution in [0.5, 0.6) is 17.2 Å². The third-order valence-corrected chi connectivity index (χ3v) is 7.40.